The van der Waals surface area contributed by atoms with Gasteiger partial charge in [0.05, 0.1) is 12.7 Å². The summed E-state index contributed by atoms with van der Waals surface area (Å²) in [5.74, 6) is 0. The van der Waals surface area contributed by atoms with Gasteiger partial charge in [0.25, 0.3) is 0 Å². The summed E-state index contributed by atoms with van der Waals surface area (Å²) in [6.07, 6.45) is 0.161. The molecule has 1 N–H and O–H groups in total. The Bertz CT molecular complexity index is 167. The van der Waals surface area contributed by atoms with Gasteiger partial charge in [-0.2, -0.15) is 0 Å². The number of aliphatic hydroxyl groups is 1. The molecule has 1 heterocycles. The molecule has 0 aromatic carbocycles. The lowest BCUT2D eigenvalue weighted by Gasteiger charge is -2.24. The Labute approximate surface area is 93.5 Å². The molecule has 0 bridgehead atoms. The fraction of sp³-hybridized carbons (Fsp3) is 1.00. The summed E-state index contributed by atoms with van der Waals surface area (Å²) in [6.45, 7) is 6.93. The first-order chi connectivity index (χ1) is 5.94. The van der Waals surface area contributed by atoms with E-state index in [-0.39, 0.29) is 17.6 Å². The third-order valence-electron chi connectivity index (χ3n) is 2.16. The number of hydrogen-bond donors (Lipinski definition) is 1. The van der Waals surface area contributed by atoms with Gasteiger partial charge in [0.15, 0.2) is 0 Å². The van der Waals surface area contributed by atoms with Gasteiger partial charge in [-0.3, -0.25) is 0 Å². The zero-order valence-electron chi connectivity index (χ0n) is 8.29. The van der Waals surface area contributed by atoms with E-state index in [4.69, 9.17) is 7.80 Å². The van der Waals surface area contributed by atoms with Gasteiger partial charge in [0, 0.05) is 0 Å². The van der Waals surface area contributed by atoms with E-state index < -0.39 is 6.10 Å². The third kappa shape index (κ3) is 3.34. The Morgan fingerprint density at radius 2 is 2.15 bits per heavy atom. The molecule has 3 unspecified atom stereocenters. The molecule has 3 nitrogen and oxygen atoms in total. The SMILES string of the molecule is CC(C)(C)CC1OCC(OI)C1O. The molecule has 13 heavy (non-hydrogen) atoms. The topological polar surface area (TPSA) is 38.7 Å². The lowest BCUT2D eigenvalue weighted by molar-refractivity contribution is 0.0102. The first kappa shape index (κ1) is 11.7. The highest BCUT2D eigenvalue weighted by atomic mass is 127. The highest BCUT2D eigenvalue weighted by Gasteiger charge is 2.38. The van der Waals surface area contributed by atoms with Crippen molar-refractivity contribution < 1.29 is 12.9 Å². The van der Waals surface area contributed by atoms with Crippen LogP contribution >= 0.6 is 23.0 Å². The number of ether oxygens (including phenoxy) is 1. The Hall–Kier alpha value is 0.610. The van der Waals surface area contributed by atoms with Crippen molar-refractivity contribution in [2.45, 2.75) is 45.5 Å². The van der Waals surface area contributed by atoms with Crippen molar-refractivity contribution in [1.29, 1.82) is 0 Å². The molecule has 1 aliphatic heterocycles. The smallest absolute Gasteiger partial charge is 0.122 e. The first-order valence-electron chi connectivity index (χ1n) is 4.51. The molecule has 4 heteroatoms. The predicted octanol–water partition coefficient (Wildman–Crippen LogP) is 1.92. The summed E-state index contributed by atoms with van der Waals surface area (Å²) in [4.78, 5) is 0. The van der Waals surface area contributed by atoms with Crippen LogP contribution in [-0.4, -0.2) is 30.0 Å². The van der Waals surface area contributed by atoms with Crippen LogP contribution in [0, 0.1) is 5.41 Å². The average Bonchev–Trinajstić information content (AvgIpc) is 2.30. The van der Waals surface area contributed by atoms with Crippen LogP contribution in [0.25, 0.3) is 0 Å². The largest absolute Gasteiger partial charge is 0.388 e. The van der Waals surface area contributed by atoms with Gasteiger partial charge >= 0.3 is 0 Å². The van der Waals surface area contributed by atoms with E-state index in [1.807, 2.05) is 23.0 Å². The summed E-state index contributed by atoms with van der Waals surface area (Å²) in [5, 5.41) is 9.76. The molecule has 1 aliphatic rings. The minimum absolute atomic E-state index is 0.0697. The summed E-state index contributed by atoms with van der Waals surface area (Å²) >= 11 is 1.81. The van der Waals surface area contributed by atoms with Crippen molar-refractivity contribution in [3.63, 3.8) is 0 Å². The number of rotatable bonds is 2. The average molecular weight is 300 g/mol. The van der Waals surface area contributed by atoms with Gasteiger partial charge in [0.1, 0.15) is 35.2 Å². The van der Waals surface area contributed by atoms with E-state index >= 15 is 0 Å². The monoisotopic (exact) mass is 300 g/mol. The summed E-state index contributed by atoms with van der Waals surface area (Å²) in [6, 6.07) is 0. The highest BCUT2D eigenvalue weighted by Crippen LogP contribution is 2.29. The summed E-state index contributed by atoms with van der Waals surface area (Å²) in [7, 11) is 0. The molecule has 3 atom stereocenters. The molecule has 0 spiro atoms. The lowest BCUT2D eigenvalue weighted by Crippen LogP contribution is -2.32. The van der Waals surface area contributed by atoms with Gasteiger partial charge in [-0.05, 0) is 11.8 Å². The number of aliphatic hydroxyl groups excluding tert-OH is 1. The summed E-state index contributed by atoms with van der Waals surface area (Å²) in [5.41, 5.74) is 0.186. The van der Waals surface area contributed by atoms with Crippen LogP contribution in [0.15, 0.2) is 0 Å². The molecule has 0 saturated carbocycles. The molecular formula is C9H17IO3. The molecule has 0 aromatic heterocycles. The Morgan fingerprint density at radius 3 is 2.54 bits per heavy atom. The van der Waals surface area contributed by atoms with E-state index in [0.717, 1.165) is 6.42 Å². The maximum Gasteiger partial charge on any atom is 0.122 e. The molecule has 1 fully saturated rings. The number of halogens is 1. The zero-order chi connectivity index (χ0) is 10.1. The quantitative estimate of drug-likeness (QED) is 0.792. The van der Waals surface area contributed by atoms with E-state index in [9.17, 15) is 5.11 Å². The van der Waals surface area contributed by atoms with E-state index in [2.05, 4.69) is 20.8 Å². The van der Waals surface area contributed by atoms with Gasteiger partial charge in [-0.15, -0.1) is 0 Å². The second-order valence-electron chi connectivity index (χ2n) is 4.75. The van der Waals surface area contributed by atoms with Crippen LogP contribution in [0.2, 0.25) is 0 Å². The van der Waals surface area contributed by atoms with Crippen LogP contribution in [0.5, 0.6) is 0 Å². The molecule has 78 valence electrons. The highest BCUT2D eigenvalue weighted by molar-refractivity contribution is 14.1. The van der Waals surface area contributed by atoms with E-state index in [1.165, 1.54) is 0 Å². The van der Waals surface area contributed by atoms with Gasteiger partial charge in [-0.25, -0.2) is 0 Å². The minimum atomic E-state index is -0.476. The fourth-order valence-electron chi connectivity index (χ4n) is 1.52. The second-order valence-corrected chi connectivity index (χ2v) is 5.26. The van der Waals surface area contributed by atoms with E-state index in [1.54, 1.807) is 0 Å². The Kier molecular flexibility index (Phi) is 3.97. The van der Waals surface area contributed by atoms with Gasteiger partial charge in [0.2, 0.25) is 0 Å². The van der Waals surface area contributed by atoms with Crippen molar-refractivity contribution in [2.75, 3.05) is 6.61 Å². The van der Waals surface area contributed by atoms with Crippen LogP contribution in [-0.2, 0) is 7.80 Å². The maximum absolute atomic E-state index is 9.76. The Morgan fingerprint density at radius 1 is 1.54 bits per heavy atom. The first-order valence-corrected chi connectivity index (χ1v) is 5.39. The van der Waals surface area contributed by atoms with Crippen molar-refractivity contribution in [3.05, 3.63) is 0 Å². The zero-order valence-corrected chi connectivity index (χ0v) is 10.4. The molecule has 0 radical (unpaired) electrons. The van der Waals surface area contributed by atoms with Gasteiger partial charge < -0.3 is 12.9 Å². The molecule has 0 amide bonds. The fourth-order valence-corrected chi connectivity index (χ4v) is 1.96. The van der Waals surface area contributed by atoms with Crippen molar-refractivity contribution in [3.8, 4) is 0 Å². The normalized spacial score (nSPS) is 35.3. The molecular weight excluding hydrogens is 283 g/mol. The number of hydrogen-bond acceptors (Lipinski definition) is 3. The van der Waals surface area contributed by atoms with Gasteiger partial charge in [-0.1, -0.05) is 20.8 Å². The third-order valence-corrected chi connectivity index (χ3v) is 2.82. The van der Waals surface area contributed by atoms with E-state index in [0.29, 0.717) is 6.61 Å². The van der Waals surface area contributed by atoms with Crippen molar-refractivity contribution in [2.24, 2.45) is 5.41 Å². The van der Waals surface area contributed by atoms with Crippen LogP contribution < -0.4 is 0 Å². The summed E-state index contributed by atoms with van der Waals surface area (Å²) < 4.78 is 10.5. The molecule has 1 saturated heterocycles. The second kappa shape index (κ2) is 4.42. The van der Waals surface area contributed by atoms with Crippen LogP contribution in [0.4, 0.5) is 0 Å². The standard InChI is InChI=1S/C9H17IO3/c1-9(2,3)4-6-8(11)7(13-10)5-12-6/h6-8,11H,4-5H2,1-3H3. The van der Waals surface area contributed by atoms with Crippen molar-refractivity contribution in [1.82, 2.24) is 0 Å². The Balaban J connectivity index is 2.46. The van der Waals surface area contributed by atoms with Crippen LogP contribution in [0.3, 0.4) is 0 Å². The van der Waals surface area contributed by atoms with Crippen LogP contribution in [0.1, 0.15) is 27.2 Å². The lowest BCUT2D eigenvalue weighted by atomic mass is 9.87. The molecule has 1 rings (SSSR count). The predicted molar refractivity (Wildman–Crippen MR) is 58.7 cm³/mol. The maximum atomic E-state index is 9.76. The molecule has 0 aliphatic carbocycles. The van der Waals surface area contributed by atoms with Crippen molar-refractivity contribution >= 4 is 23.0 Å². The molecule has 0 aromatic rings. The minimum Gasteiger partial charge on any atom is -0.388 e.